The molecule has 2 amide bonds. The van der Waals surface area contributed by atoms with Gasteiger partial charge in [0.25, 0.3) is 0 Å². The Morgan fingerprint density at radius 3 is 2.75 bits per heavy atom. The minimum atomic E-state index is -0.575. The van der Waals surface area contributed by atoms with E-state index in [4.69, 9.17) is 4.74 Å². The molecule has 0 radical (unpaired) electrons. The van der Waals surface area contributed by atoms with Crippen molar-refractivity contribution in [1.82, 2.24) is 5.32 Å². The largest absolute Gasteiger partial charge is 0.494 e. The Hall–Kier alpha value is -2.65. The summed E-state index contributed by atoms with van der Waals surface area (Å²) in [6.07, 6.45) is 4.71. The molecule has 1 atom stereocenters. The zero-order chi connectivity index (χ0) is 22.8. The number of hydrogen-bond acceptors (Lipinski definition) is 7. The zero-order valence-electron chi connectivity index (χ0n) is 18.3. The molecule has 2 N–H and O–H groups in total. The van der Waals surface area contributed by atoms with Gasteiger partial charge < -0.3 is 15.4 Å². The number of thioether (sulfide) groups is 1. The number of rotatable bonds is 10. The summed E-state index contributed by atoms with van der Waals surface area (Å²) in [5.74, 6) is 0.280. The number of thiophene rings is 1. The standard InChI is InChI=1S/C23H28N4O3S2/c1-3-4-5-6-13-30-18-11-9-17(10-12-18)24-22(29)20-15-21(28)25-23(32-20)27-26-16(2)19-8-7-14-31-19/h7-12,14,20H,3-6,13,15H2,1-2H3,(H,24,29)(H,25,27,28)/b26-16-/t20-/m1/s1. The van der Waals surface area contributed by atoms with Crippen molar-refractivity contribution in [2.45, 2.75) is 51.2 Å². The molecule has 0 bridgehead atoms. The number of unbranched alkanes of at least 4 members (excludes halogenated alkanes) is 3. The first-order chi connectivity index (χ1) is 15.5. The van der Waals surface area contributed by atoms with Gasteiger partial charge in [-0.15, -0.1) is 16.4 Å². The normalized spacial score (nSPS) is 17.8. The first-order valence-corrected chi connectivity index (χ1v) is 12.5. The highest BCUT2D eigenvalue weighted by Crippen LogP contribution is 2.24. The molecule has 1 aromatic heterocycles. The molecule has 0 spiro atoms. The summed E-state index contributed by atoms with van der Waals surface area (Å²) in [6.45, 7) is 4.73. The van der Waals surface area contributed by atoms with E-state index >= 15 is 0 Å². The molecule has 170 valence electrons. The predicted octanol–water partition coefficient (Wildman–Crippen LogP) is 5.05. The van der Waals surface area contributed by atoms with Gasteiger partial charge in [0.2, 0.25) is 11.8 Å². The molecule has 0 saturated carbocycles. The Morgan fingerprint density at radius 1 is 1.22 bits per heavy atom. The van der Waals surface area contributed by atoms with Gasteiger partial charge in [0.15, 0.2) is 5.17 Å². The minimum Gasteiger partial charge on any atom is -0.494 e. The van der Waals surface area contributed by atoms with Crippen LogP contribution in [0.5, 0.6) is 5.75 Å². The lowest BCUT2D eigenvalue weighted by Crippen LogP contribution is -2.41. The molecule has 9 heteroatoms. The summed E-state index contributed by atoms with van der Waals surface area (Å²) in [5.41, 5.74) is 1.41. The van der Waals surface area contributed by atoms with Crippen LogP contribution in [0, 0.1) is 0 Å². The van der Waals surface area contributed by atoms with Crippen molar-refractivity contribution in [1.29, 1.82) is 0 Å². The molecule has 7 nitrogen and oxygen atoms in total. The van der Waals surface area contributed by atoms with Crippen LogP contribution in [0.25, 0.3) is 0 Å². The summed E-state index contributed by atoms with van der Waals surface area (Å²) in [5, 5.41) is 15.6. The van der Waals surface area contributed by atoms with Crippen LogP contribution in [0.2, 0.25) is 0 Å². The molecule has 1 aromatic carbocycles. The molecule has 0 aliphatic carbocycles. The van der Waals surface area contributed by atoms with Crippen molar-refractivity contribution in [3.8, 4) is 5.75 Å². The van der Waals surface area contributed by atoms with Crippen LogP contribution < -0.4 is 15.4 Å². The quantitative estimate of drug-likeness (QED) is 0.288. The fourth-order valence-corrected chi connectivity index (χ4v) is 4.57. The van der Waals surface area contributed by atoms with E-state index < -0.39 is 5.25 Å². The average molecular weight is 473 g/mol. The third-order valence-electron chi connectivity index (χ3n) is 4.72. The summed E-state index contributed by atoms with van der Waals surface area (Å²) in [4.78, 5) is 25.8. The maximum atomic E-state index is 12.7. The number of carbonyl (C=O) groups excluding carboxylic acids is 2. The van der Waals surface area contributed by atoms with Crippen LogP contribution >= 0.6 is 23.1 Å². The Labute approximate surface area is 196 Å². The average Bonchev–Trinajstić information content (AvgIpc) is 3.33. The van der Waals surface area contributed by atoms with Gasteiger partial charge >= 0.3 is 0 Å². The van der Waals surface area contributed by atoms with Crippen LogP contribution in [0.15, 0.2) is 52.0 Å². The van der Waals surface area contributed by atoms with E-state index in [0.29, 0.717) is 17.5 Å². The number of ether oxygens (including phenoxy) is 1. The van der Waals surface area contributed by atoms with Gasteiger partial charge in [0, 0.05) is 12.1 Å². The Kier molecular flexibility index (Phi) is 9.30. The van der Waals surface area contributed by atoms with Crippen molar-refractivity contribution in [3.63, 3.8) is 0 Å². The number of amides is 2. The minimum absolute atomic E-state index is 0.0854. The molecular formula is C23H28N4O3S2. The maximum absolute atomic E-state index is 12.7. The molecule has 32 heavy (non-hydrogen) atoms. The van der Waals surface area contributed by atoms with Gasteiger partial charge in [0.1, 0.15) is 11.0 Å². The highest BCUT2D eigenvalue weighted by Gasteiger charge is 2.30. The lowest BCUT2D eigenvalue weighted by Gasteiger charge is -2.21. The number of nitrogens with one attached hydrogen (secondary N) is 2. The fraction of sp³-hybridized carbons (Fsp3) is 0.391. The number of carbonyl (C=O) groups is 2. The summed E-state index contributed by atoms with van der Waals surface area (Å²) in [7, 11) is 0. The molecule has 1 aliphatic rings. The van der Waals surface area contributed by atoms with Crippen LogP contribution in [-0.2, 0) is 9.59 Å². The van der Waals surface area contributed by atoms with Crippen molar-refractivity contribution in [3.05, 3.63) is 46.7 Å². The molecule has 2 aromatic rings. The van der Waals surface area contributed by atoms with Crippen LogP contribution in [-0.4, -0.2) is 34.6 Å². The fourth-order valence-electron chi connectivity index (χ4n) is 2.97. The number of amidine groups is 1. The van der Waals surface area contributed by atoms with E-state index in [0.717, 1.165) is 22.8 Å². The molecule has 0 unspecified atom stereocenters. The summed E-state index contributed by atoms with van der Waals surface area (Å²) in [6, 6.07) is 11.2. The van der Waals surface area contributed by atoms with Crippen LogP contribution in [0.1, 0.15) is 50.8 Å². The first-order valence-electron chi connectivity index (χ1n) is 10.7. The summed E-state index contributed by atoms with van der Waals surface area (Å²) >= 11 is 2.77. The zero-order valence-corrected chi connectivity index (χ0v) is 19.9. The number of nitrogens with zero attached hydrogens (tertiary/aromatic N) is 2. The molecule has 1 saturated heterocycles. The monoisotopic (exact) mass is 472 g/mol. The second-order valence-electron chi connectivity index (χ2n) is 7.35. The van der Waals surface area contributed by atoms with Gasteiger partial charge in [-0.2, -0.15) is 5.10 Å². The van der Waals surface area contributed by atoms with Gasteiger partial charge in [-0.05, 0) is 49.1 Å². The first kappa shape index (κ1) is 24.0. The maximum Gasteiger partial charge on any atom is 0.238 e. The van der Waals surface area contributed by atoms with Crippen molar-refractivity contribution < 1.29 is 14.3 Å². The molecule has 1 aliphatic heterocycles. The Bertz CT molecular complexity index is 956. The van der Waals surface area contributed by atoms with E-state index in [-0.39, 0.29) is 18.2 Å². The number of hydrogen-bond donors (Lipinski definition) is 2. The highest BCUT2D eigenvalue weighted by molar-refractivity contribution is 8.15. The van der Waals surface area contributed by atoms with Gasteiger partial charge in [-0.3, -0.25) is 9.59 Å². The third-order valence-corrected chi connectivity index (χ3v) is 6.77. The van der Waals surface area contributed by atoms with Crippen molar-refractivity contribution in [2.24, 2.45) is 10.2 Å². The second kappa shape index (κ2) is 12.4. The topological polar surface area (TPSA) is 92.1 Å². The Balaban J connectivity index is 1.53. The number of anilines is 1. The molecule has 3 rings (SSSR count). The lowest BCUT2D eigenvalue weighted by atomic mass is 10.2. The van der Waals surface area contributed by atoms with Crippen LogP contribution in [0.3, 0.4) is 0 Å². The SMILES string of the molecule is CCCCCCOc1ccc(NC(=O)[C@H]2CC(=O)N/C(=N/N=C(/C)c3cccs3)S2)cc1. The van der Waals surface area contributed by atoms with Gasteiger partial charge in [-0.25, -0.2) is 0 Å². The van der Waals surface area contributed by atoms with E-state index in [1.807, 2.05) is 36.6 Å². The van der Waals surface area contributed by atoms with E-state index in [2.05, 4.69) is 27.8 Å². The van der Waals surface area contributed by atoms with Gasteiger partial charge in [-0.1, -0.05) is 44.0 Å². The smallest absolute Gasteiger partial charge is 0.238 e. The second-order valence-corrected chi connectivity index (χ2v) is 9.49. The van der Waals surface area contributed by atoms with E-state index in [1.54, 1.807) is 23.5 Å². The third kappa shape index (κ3) is 7.49. The lowest BCUT2D eigenvalue weighted by molar-refractivity contribution is -0.123. The van der Waals surface area contributed by atoms with Gasteiger partial charge in [0.05, 0.1) is 17.2 Å². The molecular weight excluding hydrogens is 444 g/mol. The van der Waals surface area contributed by atoms with Crippen molar-refractivity contribution >= 4 is 51.5 Å². The van der Waals surface area contributed by atoms with Crippen LogP contribution in [0.4, 0.5) is 5.69 Å². The molecule has 1 fully saturated rings. The molecule has 2 heterocycles. The van der Waals surface area contributed by atoms with E-state index in [1.165, 1.54) is 31.0 Å². The van der Waals surface area contributed by atoms with Crippen molar-refractivity contribution in [2.75, 3.05) is 11.9 Å². The van der Waals surface area contributed by atoms with E-state index in [9.17, 15) is 9.59 Å². The highest BCUT2D eigenvalue weighted by atomic mass is 32.2. The Morgan fingerprint density at radius 2 is 2.03 bits per heavy atom. The predicted molar refractivity (Wildman–Crippen MR) is 133 cm³/mol. The summed E-state index contributed by atoms with van der Waals surface area (Å²) < 4.78 is 5.73. The number of benzene rings is 1.